The second kappa shape index (κ2) is 7.55. The Bertz CT molecular complexity index is 651. The zero-order valence-electron chi connectivity index (χ0n) is 15.1. The molecule has 1 aromatic rings. The molecule has 26 heavy (non-hydrogen) atoms. The summed E-state index contributed by atoms with van der Waals surface area (Å²) in [5, 5.41) is 5.49. The van der Waals surface area contributed by atoms with Crippen molar-refractivity contribution < 1.29 is 22.8 Å². The molecule has 0 bridgehead atoms. The van der Waals surface area contributed by atoms with E-state index >= 15 is 0 Å². The molecule has 0 radical (unpaired) electrons. The molecule has 3 amide bonds. The Balaban J connectivity index is 1.83. The normalized spacial score (nSPS) is 17.9. The highest BCUT2D eigenvalue weighted by Crippen LogP contribution is 2.30. The average molecular weight is 371 g/mol. The Kier molecular flexibility index (Phi) is 5.83. The van der Waals surface area contributed by atoms with Crippen molar-refractivity contribution in [3.05, 3.63) is 29.8 Å². The van der Waals surface area contributed by atoms with Crippen LogP contribution in [0.25, 0.3) is 0 Å². The summed E-state index contributed by atoms with van der Waals surface area (Å²) in [5.74, 6) is 0.129. The number of hydrogen-bond acceptors (Lipinski definition) is 2. The SMILES string of the molecule is CC(C)(C)C(=O)NCC1CCN(C(=O)Nc2ccc(C(F)(F)F)cc2)C1. The maximum Gasteiger partial charge on any atom is 0.416 e. The van der Waals surface area contributed by atoms with E-state index in [-0.39, 0.29) is 17.9 Å². The molecule has 1 saturated heterocycles. The molecule has 5 nitrogen and oxygen atoms in total. The lowest BCUT2D eigenvalue weighted by atomic mass is 9.95. The van der Waals surface area contributed by atoms with E-state index in [0.29, 0.717) is 25.3 Å². The van der Waals surface area contributed by atoms with E-state index in [2.05, 4.69) is 10.6 Å². The van der Waals surface area contributed by atoms with Gasteiger partial charge in [0, 0.05) is 30.7 Å². The van der Waals surface area contributed by atoms with Gasteiger partial charge in [0.05, 0.1) is 5.56 Å². The van der Waals surface area contributed by atoms with Crippen molar-refractivity contribution in [3.63, 3.8) is 0 Å². The number of urea groups is 1. The fraction of sp³-hybridized carbons (Fsp3) is 0.556. The second-order valence-corrected chi connectivity index (χ2v) is 7.57. The van der Waals surface area contributed by atoms with Crippen molar-refractivity contribution in [2.45, 2.75) is 33.4 Å². The minimum atomic E-state index is -4.40. The van der Waals surface area contributed by atoms with Crippen LogP contribution in [0.3, 0.4) is 0 Å². The van der Waals surface area contributed by atoms with Gasteiger partial charge in [0.1, 0.15) is 0 Å². The van der Waals surface area contributed by atoms with E-state index in [1.165, 1.54) is 12.1 Å². The second-order valence-electron chi connectivity index (χ2n) is 7.57. The van der Waals surface area contributed by atoms with Crippen LogP contribution in [0.15, 0.2) is 24.3 Å². The molecule has 144 valence electrons. The third-order valence-electron chi connectivity index (χ3n) is 4.27. The van der Waals surface area contributed by atoms with Crippen LogP contribution in [0.4, 0.5) is 23.7 Å². The number of nitrogens with one attached hydrogen (secondary N) is 2. The van der Waals surface area contributed by atoms with E-state index in [9.17, 15) is 22.8 Å². The van der Waals surface area contributed by atoms with E-state index in [1.807, 2.05) is 20.8 Å². The fourth-order valence-electron chi connectivity index (χ4n) is 2.63. The van der Waals surface area contributed by atoms with Crippen LogP contribution in [0.1, 0.15) is 32.8 Å². The average Bonchev–Trinajstić information content (AvgIpc) is 3.00. The van der Waals surface area contributed by atoms with Crippen LogP contribution in [-0.4, -0.2) is 36.5 Å². The molecule has 8 heteroatoms. The molecular weight excluding hydrogens is 347 g/mol. The number of amides is 3. The lowest BCUT2D eigenvalue weighted by Crippen LogP contribution is -2.39. The predicted octanol–water partition coefficient (Wildman–Crippen LogP) is 3.72. The summed E-state index contributed by atoms with van der Waals surface area (Å²) in [4.78, 5) is 25.7. The third kappa shape index (κ3) is 5.37. The van der Waals surface area contributed by atoms with E-state index in [1.54, 1.807) is 4.90 Å². The lowest BCUT2D eigenvalue weighted by molar-refractivity contribution is -0.137. The minimum Gasteiger partial charge on any atom is -0.355 e. The summed E-state index contributed by atoms with van der Waals surface area (Å²) < 4.78 is 37.6. The van der Waals surface area contributed by atoms with Crippen molar-refractivity contribution >= 4 is 17.6 Å². The van der Waals surface area contributed by atoms with E-state index in [0.717, 1.165) is 18.6 Å². The van der Waals surface area contributed by atoms with Gasteiger partial charge in [-0.25, -0.2) is 4.79 Å². The van der Waals surface area contributed by atoms with Crippen molar-refractivity contribution in [1.29, 1.82) is 0 Å². The monoisotopic (exact) mass is 371 g/mol. The standard InChI is InChI=1S/C18H24F3N3O2/c1-17(2,3)15(25)22-10-12-8-9-24(11-12)16(26)23-14-6-4-13(5-7-14)18(19,20)21/h4-7,12H,8-11H2,1-3H3,(H,22,25)(H,23,26). The van der Waals surface area contributed by atoms with Crippen LogP contribution in [-0.2, 0) is 11.0 Å². The van der Waals surface area contributed by atoms with Crippen LogP contribution in [0, 0.1) is 11.3 Å². The highest BCUT2D eigenvalue weighted by atomic mass is 19.4. The van der Waals surface area contributed by atoms with Gasteiger partial charge in [0.15, 0.2) is 0 Å². The first-order valence-electron chi connectivity index (χ1n) is 8.48. The number of halogens is 3. The molecule has 0 aromatic heterocycles. The van der Waals surface area contributed by atoms with Gasteiger partial charge < -0.3 is 15.5 Å². The summed E-state index contributed by atoms with van der Waals surface area (Å²) in [6.45, 7) is 7.04. The highest BCUT2D eigenvalue weighted by molar-refractivity contribution is 5.89. The fourth-order valence-corrected chi connectivity index (χ4v) is 2.63. The van der Waals surface area contributed by atoms with E-state index in [4.69, 9.17) is 0 Å². The van der Waals surface area contributed by atoms with Gasteiger partial charge in [0.25, 0.3) is 0 Å². The summed E-state index contributed by atoms with van der Waals surface area (Å²) in [6.07, 6.45) is -3.63. The first-order chi connectivity index (χ1) is 12.0. The molecule has 0 spiro atoms. The number of anilines is 1. The maximum absolute atomic E-state index is 12.5. The molecular formula is C18H24F3N3O2. The number of nitrogens with zero attached hydrogens (tertiary/aromatic N) is 1. The number of likely N-dealkylation sites (tertiary alicyclic amines) is 1. The summed E-state index contributed by atoms with van der Waals surface area (Å²) >= 11 is 0. The molecule has 2 rings (SSSR count). The molecule has 1 aliphatic rings. The molecule has 1 unspecified atom stereocenters. The Labute approximate surface area is 150 Å². The quantitative estimate of drug-likeness (QED) is 0.851. The molecule has 1 aromatic carbocycles. The number of carbonyl (C=O) groups is 2. The minimum absolute atomic E-state index is 0.0369. The van der Waals surface area contributed by atoms with Gasteiger partial charge in [-0.05, 0) is 36.6 Å². The van der Waals surface area contributed by atoms with Crippen molar-refractivity contribution in [2.75, 3.05) is 25.0 Å². The zero-order valence-corrected chi connectivity index (χ0v) is 15.1. The predicted molar refractivity (Wildman–Crippen MR) is 92.6 cm³/mol. The summed E-state index contributed by atoms with van der Waals surface area (Å²) in [5.41, 5.74) is -0.906. The molecule has 2 N–H and O–H groups in total. The van der Waals surface area contributed by atoms with Gasteiger partial charge >= 0.3 is 12.2 Å². The Morgan fingerprint density at radius 2 is 1.77 bits per heavy atom. The van der Waals surface area contributed by atoms with Crippen LogP contribution in [0.5, 0.6) is 0 Å². The van der Waals surface area contributed by atoms with Gasteiger partial charge in [-0.3, -0.25) is 4.79 Å². The van der Waals surface area contributed by atoms with Crippen LogP contribution in [0.2, 0.25) is 0 Å². The smallest absolute Gasteiger partial charge is 0.355 e. The Morgan fingerprint density at radius 1 is 1.15 bits per heavy atom. The largest absolute Gasteiger partial charge is 0.416 e. The molecule has 0 aliphatic carbocycles. The lowest BCUT2D eigenvalue weighted by Gasteiger charge is -2.20. The van der Waals surface area contributed by atoms with Crippen LogP contribution >= 0.6 is 0 Å². The van der Waals surface area contributed by atoms with Gasteiger partial charge in [-0.2, -0.15) is 13.2 Å². The van der Waals surface area contributed by atoms with E-state index < -0.39 is 17.2 Å². The molecule has 1 aliphatic heterocycles. The maximum atomic E-state index is 12.5. The van der Waals surface area contributed by atoms with Crippen molar-refractivity contribution in [3.8, 4) is 0 Å². The zero-order chi connectivity index (χ0) is 19.5. The number of alkyl halides is 3. The molecule has 1 heterocycles. The highest BCUT2D eigenvalue weighted by Gasteiger charge is 2.31. The Hall–Kier alpha value is -2.25. The van der Waals surface area contributed by atoms with Crippen LogP contribution < -0.4 is 10.6 Å². The summed E-state index contributed by atoms with van der Waals surface area (Å²) in [7, 11) is 0. The van der Waals surface area contributed by atoms with Gasteiger partial charge in [0.2, 0.25) is 5.91 Å². The van der Waals surface area contributed by atoms with Crippen molar-refractivity contribution in [1.82, 2.24) is 10.2 Å². The first-order valence-corrected chi connectivity index (χ1v) is 8.48. The number of carbonyl (C=O) groups excluding carboxylic acids is 2. The topological polar surface area (TPSA) is 61.4 Å². The number of benzene rings is 1. The van der Waals surface area contributed by atoms with Gasteiger partial charge in [-0.1, -0.05) is 20.8 Å². The first kappa shape index (κ1) is 20.1. The Morgan fingerprint density at radius 3 is 2.31 bits per heavy atom. The third-order valence-corrected chi connectivity index (χ3v) is 4.27. The van der Waals surface area contributed by atoms with Crippen molar-refractivity contribution in [2.24, 2.45) is 11.3 Å². The van der Waals surface area contributed by atoms with Gasteiger partial charge in [-0.15, -0.1) is 0 Å². The molecule has 1 atom stereocenters. The number of hydrogen-bond donors (Lipinski definition) is 2. The summed E-state index contributed by atoms with van der Waals surface area (Å²) in [6, 6.07) is 3.99. The molecule has 1 fully saturated rings. The molecule has 0 saturated carbocycles. The number of rotatable bonds is 3.